The number of rotatable bonds is 4. The van der Waals surface area contributed by atoms with Crippen molar-refractivity contribution >= 4 is 6.09 Å². The molecular formula is C16H26N2O3. The summed E-state index contributed by atoms with van der Waals surface area (Å²) >= 11 is 0. The lowest BCUT2D eigenvalue weighted by molar-refractivity contribution is 0.0188. The minimum absolute atomic E-state index is 0.208. The van der Waals surface area contributed by atoms with Gasteiger partial charge in [0.15, 0.2) is 0 Å². The first kappa shape index (κ1) is 15.9. The third kappa shape index (κ3) is 5.42. The first-order chi connectivity index (χ1) is 9.94. The maximum atomic E-state index is 12.1. The summed E-state index contributed by atoms with van der Waals surface area (Å²) in [5.41, 5.74) is -0.434. The van der Waals surface area contributed by atoms with Crippen LogP contribution in [-0.4, -0.2) is 42.3 Å². The zero-order valence-corrected chi connectivity index (χ0v) is 13.2. The Morgan fingerprint density at radius 2 is 2.33 bits per heavy atom. The second-order valence-electron chi connectivity index (χ2n) is 6.55. The molecule has 1 saturated heterocycles. The van der Waals surface area contributed by atoms with Crippen molar-refractivity contribution in [3.63, 3.8) is 0 Å². The van der Waals surface area contributed by atoms with Crippen LogP contribution in [0, 0.1) is 0 Å². The molecule has 0 radical (unpaired) electrons. The molecule has 118 valence electrons. The number of ether oxygens (including phenoxy) is 1. The lowest BCUT2D eigenvalue weighted by Gasteiger charge is -2.34. The first-order valence-corrected chi connectivity index (χ1v) is 7.68. The van der Waals surface area contributed by atoms with Crippen molar-refractivity contribution in [1.29, 1.82) is 0 Å². The molecule has 0 aromatic carbocycles. The van der Waals surface area contributed by atoms with E-state index in [4.69, 9.17) is 9.15 Å². The monoisotopic (exact) mass is 294 g/mol. The van der Waals surface area contributed by atoms with E-state index in [1.54, 1.807) is 11.2 Å². The van der Waals surface area contributed by atoms with Gasteiger partial charge in [0, 0.05) is 32.1 Å². The highest BCUT2D eigenvalue weighted by atomic mass is 16.6. The third-order valence-corrected chi connectivity index (χ3v) is 3.46. The van der Waals surface area contributed by atoms with Gasteiger partial charge in [-0.2, -0.15) is 0 Å². The summed E-state index contributed by atoms with van der Waals surface area (Å²) < 4.78 is 10.7. The molecule has 2 rings (SSSR count). The van der Waals surface area contributed by atoms with Crippen molar-refractivity contribution in [2.75, 3.05) is 19.6 Å². The average molecular weight is 294 g/mol. The Kier molecular flexibility index (Phi) is 5.28. The van der Waals surface area contributed by atoms with Crippen LogP contribution in [0.2, 0.25) is 0 Å². The Morgan fingerprint density at radius 3 is 3.00 bits per heavy atom. The van der Waals surface area contributed by atoms with Crippen LogP contribution in [0.5, 0.6) is 0 Å². The summed E-state index contributed by atoms with van der Waals surface area (Å²) in [6.45, 7) is 8.05. The lowest BCUT2D eigenvalue weighted by atomic mass is 10.1. The molecule has 1 N–H and O–H groups in total. The largest absolute Gasteiger partial charge is 0.469 e. The number of carbonyl (C=O) groups excluding carboxylic acids is 1. The van der Waals surface area contributed by atoms with Gasteiger partial charge in [0.05, 0.1) is 6.26 Å². The number of hydrogen-bond donors (Lipinski definition) is 1. The topological polar surface area (TPSA) is 54.7 Å². The molecule has 1 fully saturated rings. The van der Waals surface area contributed by atoms with Crippen molar-refractivity contribution < 1.29 is 13.9 Å². The van der Waals surface area contributed by atoms with Crippen molar-refractivity contribution in [2.45, 2.75) is 51.7 Å². The van der Waals surface area contributed by atoms with E-state index < -0.39 is 5.60 Å². The zero-order chi connectivity index (χ0) is 15.3. The van der Waals surface area contributed by atoms with E-state index >= 15 is 0 Å². The minimum Gasteiger partial charge on any atom is -0.469 e. The van der Waals surface area contributed by atoms with Crippen molar-refractivity contribution in [3.05, 3.63) is 24.2 Å². The normalized spacial score (nSPS) is 19.6. The number of piperidine rings is 1. The third-order valence-electron chi connectivity index (χ3n) is 3.46. The fourth-order valence-corrected chi connectivity index (χ4v) is 2.49. The van der Waals surface area contributed by atoms with Gasteiger partial charge in [-0.05, 0) is 45.7 Å². The van der Waals surface area contributed by atoms with Crippen molar-refractivity contribution in [3.8, 4) is 0 Å². The molecule has 5 heteroatoms. The number of hydrogen-bond acceptors (Lipinski definition) is 4. The van der Waals surface area contributed by atoms with E-state index in [0.717, 1.165) is 38.1 Å². The van der Waals surface area contributed by atoms with Crippen LogP contribution >= 0.6 is 0 Å². The molecule has 2 heterocycles. The Morgan fingerprint density at radius 1 is 1.52 bits per heavy atom. The van der Waals surface area contributed by atoms with Crippen molar-refractivity contribution in [1.82, 2.24) is 10.2 Å². The molecule has 1 aromatic rings. The number of nitrogens with one attached hydrogen (secondary N) is 1. The van der Waals surface area contributed by atoms with Crippen molar-refractivity contribution in [2.24, 2.45) is 0 Å². The molecule has 0 spiro atoms. The standard InChI is InChI=1S/C16H26N2O3/c1-16(2,3)21-15(19)18-10-4-6-13(12-18)17-9-8-14-7-5-11-20-14/h5,7,11,13,17H,4,6,8-10,12H2,1-3H3. The van der Waals surface area contributed by atoms with Crippen LogP contribution in [0.4, 0.5) is 4.79 Å². The van der Waals surface area contributed by atoms with E-state index in [1.807, 2.05) is 32.9 Å². The summed E-state index contributed by atoms with van der Waals surface area (Å²) in [7, 11) is 0. The maximum absolute atomic E-state index is 12.1. The molecular weight excluding hydrogens is 268 g/mol. The molecule has 0 bridgehead atoms. The van der Waals surface area contributed by atoms with Crippen LogP contribution in [0.3, 0.4) is 0 Å². The molecule has 1 aliphatic rings. The second-order valence-corrected chi connectivity index (χ2v) is 6.55. The van der Waals surface area contributed by atoms with Crippen LogP contribution in [0.25, 0.3) is 0 Å². The van der Waals surface area contributed by atoms with Gasteiger partial charge in [0.25, 0.3) is 0 Å². The number of furan rings is 1. The Balaban J connectivity index is 1.74. The van der Waals surface area contributed by atoms with Gasteiger partial charge in [-0.3, -0.25) is 0 Å². The molecule has 0 saturated carbocycles. The Hall–Kier alpha value is -1.49. The first-order valence-electron chi connectivity index (χ1n) is 7.68. The number of likely N-dealkylation sites (tertiary alicyclic amines) is 1. The molecule has 1 atom stereocenters. The van der Waals surface area contributed by atoms with E-state index in [9.17, 15) is 4.79 Å². The van der Waals surface area contributed by atoms with Crippen LogP contribution in [0.15, 0.2) is 22.8 Å². The average Bonchev–Trinajstić information content (AvgIpc) is 2.90. The molecule has 21 heavy (non-hydrogen) atoms. The van der Waals surface area contributed by atoms with Gasteiger partial charge in [-0.25, -0.2) is 4.79 Å². The molecule has 1 unspecified atom stereocenters. The summed E-state index contributed by atoms with van der Waals surface area (Å²) in [5, 5.41) is 3.50. The maximum Gasteiger partial charge on any atom is 0.410 e. The SMILES string of the molecule is CC(C)(C)OC(=O)N1CCCC(NCCc2ccco2)C1. The van der Waals surface area contributed by atoms with E-state index in [-0.39, 0.29) is 6.09 Å². The minimum atomic E-state index is -0.434. The summed E-state index contributed by atoms with van der Waals surface area (Å²) in [5.74, 6) is 0.988. The highest BCUT2D eigenvalue weighted by molar-refractivity contribution is 5.68. The van der Waals surface area contributed by atoms with Gasteiger partial charge >= 0.3 is 6.09 Å². The molecule has 1 aromatic heterocycles. The number of nitrogens with zero attached hydrogens (tertiary/aromatic N) is 1. The van der Waals surface area contributed by atoms with Crippen LogP contribution in [0.1, 0.15) is 39.4 Å². The van der Waals surface area contributed by atoms with Crippen LogP contribution < -0.4 is 5.32 Å². The van der Waals surface area contributed by atoms with E-state index in [1.165, 1.54) is 0 Å². The van der Waals surface area contributed by atoms with Gasteiger partial charge < -0.3 is 19.4 Å². The van der Waals surface area contributed by atoms with E-state index in [0.29, 0.717) is 12.6 Å². The lowest BCUT2D eigenvalue weighted by Crippen LogP contribution is -2.49. The highest BCUT2D eigenvalue weighted by Crippen LogP contribution is 2.15. The second kappa shape index (κ2) is 6.98. The van der Waals surface area contributed by atoms with Crippen LogP contribution in [-0.2, 0) is 11.2 Å². The molecule has 1 aliphatic heterocycles. The van der Waals surface area contributed by atoms with Gasteiger partial charge in [0.2, 0.25) is 0 Å². The Labute approximate surface area is 126 Å². The molecule has 5 nitrogen and oxygen atoms in total. The number of amides is 1. The number of carbonyl (C=O) groups is 1. The summed E-state index contributed by atoms with van der Waals surface area (Å²) in [6, 6.07) is 4.22. The predicted molar refractivity (Wildman–Crippen MR) is 81.2 cm³/mol. The van der Waals surface area contributed by atoms with Gasteiger partial charge in [-0.1, -0.05) is 0 Å². The van der Waals surface area contributed by atoms with Gasteiger partial charge in [0.1, 0.15) is 11.4 Å². The smallest absolute Gasteiger partial charge is 0.410 e. The summed E-state index contributed by atoms with van der Waals surface area (Å²) in [6.07, 6.45) is 4.46. The quantitative estimate of drug-likeness (QED) is 0.927. The summed E-state index contributed by atoms with van der Waals surface area (Å²) in [4.78, 5) is 13.9. The Bertz CT molecular complexity index is 437. The highest BCUT2D eigenvalue weighted by Gasteiger charge is 2.27. The molecule has 0 aliphatic carbocycles. The van der Waals surface area contributed by atoms with Gasteiger partial charge in [-0.15, -0.1) is 0 Å². The fourth-order valence-electron chi connectivity index (χ4n) is 2.49. The fraction of sp³-hybridized carbons (Fsp3) is 0.688. The molecule has 1 amide bonds. The zero-order valence-electron chi connectivity index (χ0n) is 13.2. The van der Waals surface area contributed by atoms with E-state index in [2.05, 4.69) is 5.32 Å². The predicted octanol–water partition coefficient (Wildman–Crippen LogP) is 2.81.